The molecule has 0 aromatic heterocycles. The van der Waals surface area contributed by atoms with Crippen LogP contribution in [0.25, 0.3) is 0 Å². The molecule has 0 saturated heterocycles. The summed E-state index contributed by atoms with van der Waals surface area (Å²) < 4.78 is 2.65. The summed E-state index contributed by atoms with van der Waals surface area (Å²) in [4.78, 5) is 11.0. The second-order valence-electron chi connectivity index (χ2n) is 6.22. The Balaban J connectivity index is 2.98. The van der Waals surface area contributed by atoms with Crippen molar-refractivity contribution in [1.82, 2.24) is 3.53 Å². The van der Waals surface area contributed by atoms with Gasteiger partial charge in [0.05, 0.1) is 22.9 Å². The molecule has 1 N–H and O–H groups in total. The van der Waals surface area contributed by atoms with E-state index in [1.165, 1.54) is 89.9 Å². The van der Waals surface area contributed by atoms with Crippen LogP contribution < -0.4 is 3.53 Å². The standard InChI is InChI=1S/C18H36INO/c1-2-3-4-5-6-7-8-9-10-11-12-13-14-15-16-17-18(21)20-19/h2-17H2,1H3,(H,20,21). The summed E-state index contributed by atoms with van der Waals surface area (Å²) in [6.07, 6.45) is 21.2. The van der Waals surface area contributed by atoms with Gasteiger partial charge in [0.25, 0.3) is 0 Å². The summed E-state index contributed by atoms with van der Waals surface area (Å²) in [7, 11) is 0. The van der Waals surface area contributed by atoms with Crippen molar-refractivity contribution in [3.05, 3.63) is 0 Å². The smallest absolute Gasteiger partial charge is 0.228 e. The third-order valence-corrected chi connectivity index (χ3v) is 4.71. The Kier molecular flexibility index (Phi) is 18.4. The summed E-state index contributed by atoms with van der Waals surface area (Å²) in [5.41, 5.74) is 0. The Bertz CT molecular complexity index is 221. The maximum Gasteiger partial charge on any atom is 0.228 e. The van der Waals surface area contributed by atoms with Crippen molar-refractivity contribution in [2.24, 2.45) is 0 Å². The first-order chi connectivity index (χ1) is 10.3. The van der Waals surface area contributed by atoms with Crippen molar-refractivity contribution in [3.63, 3.8) is 0 Å². The highest BCUT2D eigenvalue weighted by Crippen LogP contribution is 2.13. The van der Waals surface area contributed by atoms with Gasteiger partial charge in [0, 0.05) is 6.42 Å². The van der Waals surface area contributed by atoms with Gasteiger partial charge < -0.3 is 0 Å². The number of halogens is 1. The van der Waals surface area contributed by atoms with Crippen LogP contribution in [0.2, 0.25) is 0 Å². The van der Waals surface area contributed by atoms with E-state index in [1.807, 2.05) is 22.9 Å². The quantitative estimate of drug-likeness (QED) is 0.171. The fourth-order valence-electron chi connectivity index (χ4n) is 2.70. The lowest BCUT2D eigenvalue weighted by Crippen LogP contribution is -2.10. The van der Waals surface area contributed by atoms with E-state index in [2.05, 4.69) is 10.5 Å². The lowest BCUT2D eigenvalue weighted by Gasteiger charge is -2.03. The summed E-state index contributed by atoms with van der Waals surface area (Å²) in [6.45, 7) is 2.28. The van der Waals surface area contributed by atoms with Crippen molar-refractivity contribution in [1.29, 1.82) is 0 Å². The molecular formula is C18H36INO. The van der Waals surface area contributed by atoms with Crippen LogP contribution in [0, 0.1) is 0 Å². The third-order valence-electron chi connectivity index (χ3n) is 4.11. The van der Waals surface area contributed by atoms with E-state index in [0.29, 0.717) is 6.42 Å². The van der Waals surface area contributed by atoms with Crippen molar-refractivity contribution in [2.75, 3.05) is 0 Å². The predicted molar refractivity (Wildman–Crippen MR) is 102 cm³/mol. The van der Waals surface area contributed by atoms with Crippen LogP contribution >= 0.6 is 22.9 Å². The van der Waals surface area contributed by atoms with Crippen LogP contribution in [0.15, 0.2) is 0 Å². The van der Waals surface area contributed by atoms with E-state index in [0.717, 1.165) is 6.42 Å². The highest BCUT2D eigenvalue weighted by molar-refractivity contribution is 14.1. The van der Waals surface area contributed by atoms with Gasteiger partial charge in [-0.15, -0.1) is 0 Å². The van der Waals surface area contributed by atoms with Crippen LogP contribution in [-0.2, 0) is 4.79 Å². The molecule has 126 valence electrons. The number of nitrogens with one attached hydrogen (secondary N) is 1. The van der Waals surface area contributed by atoms with Gasteiger partial charge in [0.1, 0.15) is 0 Å². The lowest BCUT2D eigenvalue weighted by atomic mass is 10.0. The minimum Gasteiger partial charge on any atom is -0.299 e. The Labute approximate surface area is 146 Å². The molecule has 0 aliphatic rings. The van der Waals surface area contributed by atoms with Gasteiger partial charge in [-0.3, -0.25) is 8.32 Å². The van der Waals surface area contributed by atoms with Crippen LogP contribution in [0.1, 0.15) is 110 Å². The second kappa shape index (κ2) is 18.2. The molecular weight excluding hydrogens is 373 g/mol. The van der Waals surface area contributed by atoms with Gasteiger partial charge in [-0.25, -0.2) is 0 Å². The molecule has 0 heterocycles. The van der Waals surface area contributed by atoms with Crippen molar-refractivity contribution in [3.8, 4) is 0 Å². The first kappa shape index (κ1) is 21.2. The van der Waals surface area contributed by atoms with E-state index in [1.54, 1.807) is 0 Å². The molecule has 2 nitrogen and oxygen atoms in total. The van der Waals surface area contributed by atoms with E-state index in [9.17, 15) is 4.79 Å². The van der Waals surface area contributed by atoms with Gasteiger partial charge in [0.15, 0.2) is 0 Å². The Morgan fingerprint density at radius 3 is 1.33 bits per heavy atom. The predicted octanol–water partition coefficient (Wildman–Crippen LogP) is 6.71. The molecule has 21 heavy (non-hydrogen) atoms. The molecule has 0 rings (SSSR count). The number of rotatable bonds is 16. The fourth-order valence-corrected chi connectivity index (χ4v) is 2.97. The SMILES string of the molecule is CCCCCCCCCCCCCCCCCC(=O)NI. The average molecular weight is 409 g/mol. The van der Waals surface area contributed by atoms with Gasteiger partial charge in [-0.1, -0.05) is 96.8 Å². The number of carbonyl (C=O) groups excluding carboxylic acids is 1. The Hall–Kier alpha value is 0.200. The molecule has 0 aliphatic heterocycles. The molecule has 0 bridgehead atoms. The van der Waals surface area contributed by atoms with Crippen molar-refractivity contribution in [2.45, 2.75) is 110 Å². The van der Waals surface area contributed by atoms with Gasteiger partial charge in [0.2, 0.25) is 5.91 Å². The molecule has 0 aromatic rings. The van der Waals surface area contributed by atoms with Crippen LogP contribution in [0.5, 0.6) is 0 Å². The molecule has 0 saturated carbocycles. The van der Waals surface area contributed by atoms with Crippen molar-refractivity contribution < 1.29 is 4.79 Å². The average Bonchev–Trinajstić information content (AvgIpc) is 2.50. The molecule has 1 amide bonds. The summed E-state index contributed by atoms with van der Waals surface area (Å²) in [5, 5.41) is 0. The van der Waals surface area contributed by atoms with Crippen LogP contribution in [-0.4, -0.2) is 5.91 Å². The molecule has 0 spiro atoms. The topological polar surface area (TPSA) is 29.1 Å². The maximum atomic E-state index is 11.0. The fraction of sp³-hybridized carbons (Fsp3) is 0.944. The zero-order valence-corrected chi connectivity index (χ0v) is 16.3. The van der Waals surface area contributed by atoms with Crippen LogP contribution in [0.3, 0.4) is 0 Å². The number of hydrogen-bond donors (Lipinski definition) is 1. The van der Waals surface area contributed by atoms with E-state index >= 15 is 0 Å². The van der Waals surface area contributed by atoms with E-state index < -0.39 is 0 Å². The largest absolute Gasteiger partial charge is 0.299 e. The third kappa shape index (κ3) is 18.2. The second-order valence-corrected chi connectivity index (χ2v) is 6.76. The van der Waals surface area contributed by atoms with E-state index in [-0.39, 0.29) is 5.91 Å². The van der Waals surface area contributed by atoms with Gasteiger partial charge in [-0.2, -0.15) is 0 Å². The summed E-state index contributed by atoms with van der Waals surface area (Å²) in [5.74, 6) is 0.172. The minimum atomic E-state index is 0.172. The Morgan fingerprint density at radius 1 is 0.667 bits per heavy atom. The van der Waals surface area contributed by atoms with Crippen LogP contribution in [0.4, 0.5) is 0 Å². The minimum absolute atomic E-state index is 0.172. The summed E-state index contributed by atoms with van der Waals surface area (Å²) in [6, 6.07) is 0. The molecule has 3 heteroatoms. The van der Waals surface area contributed by atoms with Crippen molar-refractivity contribution >= 4 is 28.8 Å². The zero-order valence-electron chi connectivity index (χ0n) is 14.1. The molecule has 0 fully saturated rings. The number of amides is 1. The highest BCUT2D eigenvalue weighted by atomic mass is 127. The highest BCUT2D eigenvalue weighted by Gasteiger charge is 1.98. The monoisotopic (exact) mass is 409 g/mol. The maximum absolute atomic E-state index is 11.0. The summed E-state index contributed by atoms with van der Waals surface area (Å²) >= 11 is 1.91. The van der Waals surface area contributed by atoms with Gasteiger partial charge >= 0.3 is 0 Å². The molecule has 0 unspecified atom stereocenters. The van der Waals surface area contributed by atoms with Gasteiger partial charge in [-0.05, 0) is 6.42 Å². The number of hydrogen-bond acceptors (Lipinski definition) is 1. The first-order valence-corrected chi connectivity index (χ1v) is 10.3. The molecule has 0 aromatic carbocycles. The Morgan fingerprint density at radius 2 is 1.00 bits per heavy atom. The zero-order chi connectivity index (χ0) is 15.6. The lowest BCUT2D eigenvalue weighted by molar-refractivity contribution is -0.118. The molecule has 0 atom stereocenters. The van der Waals surface area contributed by atoms with E-state index in [4.69, 9.17) is 0 Å². The number of unbranched alkanes of at least 4 members (excludes halogenated alkanes) is 14. The molecule has 0 aliphatic carbocycles. The first-order valence-electron chi connectivity index (χ1n) is 9.20. The number of carbonyl (C=O) groups is 1. The normalized spacial score (nSPS) is 10.8. The molecule has 0 radical (unpaired) electrons.